The number of aryl methyl sites for hydroxylation is 1. The third-order valence-electron chi connectivity index (χ3n) is 3.42. The maximum Gasteiger partial charge on any atom is 0.258 e. The van der Waals surface area contributed by atoms with Crippen LogP contribution in [0.3, 0.4) is 0 Å². The SMILES string of the molecule is CCCN1C[C@@H](NS(=O)(=O)c2ccnn2CCC)CC1=O. The number of carbonyl (C=O) groups is 1. The van der Waals surface area contributed by atoms with E-state index in [1.165, 1.54) is 16.9 Å². The Hall–Kier alpha value is -1.41. The van der Waals surface area contributed by atoms with Crippen LogP contribution < -0.4 is 4.72 Å². The smallest absolute Gasteiger partial charge is 0.258 e. The molecule has 0 unspecified atom stereocenters. The highest BCUT2D eigenvalue weighted by molar-refractivity contribution is 7.89. The van der Waals surface area contributed by atoms with Crippen LogP contribution in [0.2, 0.25) is 0 Å². The maximum atomic E-state index is 12.4. The van der Waals surface area contributed by atoms with Gasteiger partial charge < -0.3 is 4.90 Å². The van der Waals surface area contributed by atoms with Crippen LogP contribution in [0.25, 0.3) is 0 Å². The van der Waals surface area contributed by atoms with Gasteiger partial charge in [-0.1, -0.05) is 13.8 Å². The van der Waals surface area contributed by atoms with Gasteiger partial charge in [0.15, 0.2) is 5.03 Å². The minimum atomic E-state index is -3.64. The second kappa shape index (κ2) is 6.57. The van der Waals surface area contributed by atoms with E-state index in [1.54, 1.807) is 4.90 Å². The minimum Gasteiger partial charge on any atom is -0.341 e. The summed E-state index contributed by atoms with van der Waals surface area (Å²) in [6.45, 7) is 5.62. The summed E-state index contributed by atoms with van der Waals surface area (Å²) in [4.78, 5) is 13.5. The fourth-order valence-corrected chi connectivity index (χ4v) is 3.92. The molecule has 21 heavy (non-hydrogen) atoms. The van der Waals surface area contributed by atoms with E-state index in [-0.39, 0.29) is 23.4 Å². The summed E-state index contributed by atoms with van der Waals surface area (Å²) >= 11 is 0. The van der Waals surface area contributed by atoms with E-state index < -0.39 is 10.0 Å². The molecule has 1 atom stereocenters. The Morgan fingerprint density at radius 1 is 1.33 bits per heavy atom. The Bertz CT molecular complexity index is 596. The maximum absolute atomic E-state index is 12.4. The van der Waals surface area contributed by atoms with Crippen LogP contribution in [0.4, 0.5) is 0 Å². The van der Waals surface area contributed by atoms with Gasteiger partial charge in [0.2, 0.25) is 5.91 Å². The molecule has 1 aromatic rings. The van der Waals surface area contributed by atoms with Gasteiger partial charge in [0.1, 0.15) is 0 Å². The Morgan fingerprint density at radius 3 is 2.71 bits per heavy atom. The van der Waals surface area contributed by atoms with Crippen LogP contribution in [0.5, 0.6) is 0 Å². The molecule has 7 nitrogen and oxygen atoms in total. The molecule has 0 bridgehead atoms. The molecule has 2 rings (SSSR count). The van der Waals surface area contributed by atoms with E-state index in [9.17, 15) is 13.2 Å². The second-order valence-electron chi connectivity index (χ2n) is 5.25. The fourth-order valence-electron chi connectivity index (χ4n) is 2.55. The van der Waals surface area contributed by atoms with Crippen LogP contribution in [0, 0.1) is 0 Å². The molecule has 1 fully saturated rings. The van der Waals surface area contributed by atoms with Crippen molar-refractivity contribution in [2.24, 2.45) is 0 Å². The van der Waals surface area contributed by atoms with Crippen LogP contribution in [-0.2, 0) is 21.4 Å². The lowest BCUT2D eigenvalue weighted by Gasteiger charge is -2.16. The van der Waals surface area contributed by atoms with Crippen molar-refractivity contribution in [3.63, 3.8) is 0 Å². The first kappa shape index (κ1) is 16.0. The highest BCUT2D eigenvalue weighted by atomic mass is 32.2. The number of nitrogens with one attached hydrogen (secondary N) is 1. The first-order valence-electron chi connectivity index (χ1n) is 7.29. The van der Waals surface area contributed by atoms with Crippen LogP contribution >= 0.6 is 0 Å². The van der Waals surface area contributed by atoms with Crippen LogP contribution in [-0.4, -0.2) is 48.1 Å². The lowest BCUT2D eigenvalue weighted by Crippen LogP contribution is -2.38. The standard InChI is InChI=1S/C13H22N4O3S/c1-3-7-16-10-11(9-12(16)18)15-21(19,20)13-5-6-14-17(13)8-4-2/h5-6,11,15H,3-4,7-10H2,1-2H3/t11-/m0/s1. The number of likely N-dealkylation sites (tertiary alicyclic amines) is 1. The lowest BCUT2D eigenvalue weighted by molar-refractivity contribution is -0.127. The topological polar surface area (TPSA) is 84.3 Å². The van der Waals surface area contributed by atoms with Gasteiger partial charge in [-0.2, -0.15) is 5.10 Å². The number of amides is 1. The molecule has 1 saturated heterocycles. The monoisotopic (exact) mass is 314 g/mol. The molecule has 1 aromatic heterocycles. The minimum absolute atomic E-state index is 0.00613. The highest BCUT2D eigenvalue weighted by Crippen LogP contribution is 2.15. The summed E-state index contributed by atoms with van der Waals surface area (Å²) in [5, 5.41) is 4.18. The van der Waals surface area contributed by atoms with Crippen molar-refractivity contribution in [3.05, 3.63) is 12.3 Å². The van der Waals surface area contributed by atoms with Gasteiger partial charge in [0, 0.05) is 32.1 Å². The van der Waals surface area contributed by atoms with Gasteiger partial charge in [-0.05, 0) is 18.9 Å². The summed E-state index contributed by atoms with van der Waals surface area (Å²) in [5.41, 5.74) is 0. The quantitative estimate of drug-likeness (QED) is 0.798. The number of hydrogen-bond acceptors (Lipinski definition) is 4. The van der Waals surface area contributed by atoms with Crippen molar-refractivity contribution in [2.45, 2.75) is 50.7 Å². The molecule has 118 valence electrons. The van der Waals surface area contributed by atoms with Crippen molar-refractivity contribution in [1.82, 2.24) is 19.4 Å². The number of carbonyl (C=O) groups excluding carboxylic acids is 1. The van der Waals surface area contributed by atoms with Crippen molar-refractivity contribution < 1.29 is 13.2 Å². The van der Waals surface area contributed by atoms with Gasteiger partial charge >= 0.3 is 0 Å². The average molecular weight is 314 g/mol. The molecule has 0 spiro atoms. The first-order valence-corrected chi connectivity index (χ1v) is 8.78. The molecular formula is C13H22N4O3S. The molecule has 0 aromatic carbocycles. The zero-order valence-electron chi connectivity index (χ0n) is 12.4. The van der Waals surface area contributed by atoms with E-state index in [0.29, 0.717) is 19.6 Å². The van der Waals surface area contributed by atoms with Gasteiger partial charge in [0.25, 0.3) is 10.0 Å². The third-order valence-corrected chi connectivity index (χ3v) is 4.96. The normalized spacial score (nSPS) is 19.4. The molecule has 1 amide bonds. The second-order valence-corrected chi connectivity index (χ2v) is 6.92. The Labute approximate surface area is 125 Å². The summed E-state index contributed by atoms with van der Waals surface area (Å²) in [7, 11) is -3.64. The predicted molar refractivity (Wildman–Crippen MR) is 78.1 cm³/mol. The summed E-state index contributed by atoms with van der Waals surface area (Å²) in [5.74, 6) is 0.00613. The van der Waals surface area contributed by atoms with E-state index in [1.807, 2.05) is 13.8 Å². The molecule has 1 aliphatic heterocycles. The molecule has 1 N–H and O–H groups in total. The van der Waals surface area contributed by atoms with Crippen molar-refractivity contribution in [3.8, 4) is 0 Å². The molecule has 2 heterocycles. The van der Waals surface area contributed by atoms with Gasteiger partial charge in [-0.15, -0.1) is 0 Å². The Kier molecular flexibility index (Phi) is 5.00. The zero-order valence-corrected chi connectivity index (χ0v) is 13.3. The van der Waals surface area contributed by atoms with E-state index in [2.05, 4.69) is 9.82 Å². The molecular weight excluding hydrogens is 292 g/mol. The summed E-state index contributed by atoms with van der Waals surface area (Å²) in [6, 6.07) is 1.12. The van der Waals surface area contributed by atoms with E-state index in [4.69, 9.17) is 0 Å². The number of nitrogens with zero attached hydrogens (tertiary/aromatic N) is 3. The Balaban J connectivity index is 2.08. The van der Waals surface area contributed by atoms with Crippen LogP contribution in [0.15, 0.2) is 17.3 Å². The molecule has 1 aliphatic rings. The number of aromatic nitrogens is 2. The van der Waals surface area contributed by atoms with Crippen molar-refractivity contribution in [1.29, 1.82) is 0 Å². The van der Waals surface area contributed by atoms with E-state index in [0.717, 1.165) is 12.8 Å². The highest BCUT2D eigenvalue weighted by Gasteiger charge is 2.33. The summed E-state index contributed by atoms with van der Waals surface area (Å²) in [6.07, 6.45) is 3.37. The van der Waals surface area contributed by atoms with Gasteiger partial charge in [-0.25, -0.2) is 13.1 Å². The van der Waals surface area contributed by atoms with Crippen molar-refractivity contribution in [2.75, 3.05) is 13.1 Å². The average Bonchev–Trinajstić information content (AvgIpc) is 2.98. The number of hydrogen-bond donors (Lipinski definition) is 1. The largest absolute Gasteiger partial charge is 0.341 e. The summed E-state index contributed by atoms with van der Waals surface area (Å²) < 4.78 is 28.9. The molecule has 0 radical (unpaired) electrons. The third kappa shape index (κ3) is 3.62. The fraction of sp³-hybridized carbons (Fsp3) is 0.692. The predicted octanol–water partition coefficient (Wildman–Crippen LogP) is 0.582. The van der Waals surface area contributed by atoms with Crippen molar-refractivity contribution >= 4 is 15.9 Å². The number of sulfonamides is 1. The number of rotatable bonds is 7. The van der Waals surface area contributed by atoms with Gasteiger partial charge in [0.05, 0.1) is 6.20 Å². The van der Waals surface area contributed by atoms with Gasteiger partial charge in [-0.3, -0.25) is 9.48 Å². The molecule has 0 saturated carbocycles. The molecule has 8 heteroatoms. The van der Waals surface area contributed by atoms with Crippen LogP contribution in [0.1, 0.15) is 33.1 Å². The molecule has 0 aliphatic carbocycles. The first-order chi connectivity index (χ1) is 9.97. The Morgan fingerprint density at radius 2 is 2.05 bits per heavy atom. The lowest BCUT2D eigenvalue weighted by atomic mass is 10.3. The zero-order chi connectivity index (χ0) is 15.5. The van der Waals surface area contributed by atoms with E-state index >= 15 is 0 Å².